The summed E-state index contributed by atoms with van der Waals surface area (Å²) in [6, 6.07) is 7.00. The van der Waals surface area contributed by atoms with Gasteiger partial charge < -0.3 is 10.6 Å². The highest BCUT2D eigenvalue weighted by molar-refractivity contribution is 9.10. The van der Waals surface area contributed by atoms with Crippen LogP contribution in [0.3, 0.4) is 0 Å². The summed E-state index contributed by atoms with van der Waals surface area (Å²) in [4.78, 5) is 2.49. The van der Waals surface area contributed by atoms with Crippen molar-refractivity contribution in [3.63, 3.8) is 0 Å². The van der Waals surface area contributed by atoms with E-state index >= 15 is 0 Å². The minimum absolute atomic E-state index is 0.262. The number of rotatable bonds is 4. The molecule has 1 fully saturated rings. The molecule has 0 aliphatic carbocycles. The molecular weight excluding hydrogens is 300 g/mol. The molecule has 1 aromatic rings. The van der Waals surface area contributed by atoms with Gasteiger partial charge in [-0.15, -0.1) is 0 Å². The Morgan fingerprint density at radius 1 is 1.37 bits per heavy atom. The number of nitrogens with zero attached hydrogens (tertiary/aromatic N) is 1. The quantitative estimate of drug-likeness (QED) is 0.908. The molecule has 2 N–H and O–H groups in total. The highest BCUT2D eigenvalue weighted by atomic mass is 79.9. The molecule has 106 valence electrons. The molecule has 0 aromatic heterocycles. The molecule has 3 heteroatoms. The average Bonchev–Trinajstić information content (AvgIpc) is 2.41. The third-order valence-electron chi connectivity index (χ3n) is 4.19. The van der Waals surface area contributed by atoms with Crippen LogP contribution in [0.2, 0.25) is 0 Å². The summed E-state index contributed by atoms with van der Waals surface area (Å²) in [5.41, 5.74) is 8.70. The Hall–Kier alpha value is -0.540. The number of anilines is 1. The van der Waals surface area contributed by atoms with Crippen LogP contribution < -0.4 is 10.6 Å². The van der Waals surface area contributed by atoms with E-state index in [1.165, 1.54) is 41.7 Å². The zero-order chi connectivity index (χ0) is 13.8. The Morgan fingerprint density at radius 2 is 2.05 bits per heavy atom. The van der Waals surface area contributed by atoms with Crippen LogP contribution >= 0.6 is 15.9 Å². The molecule has 2 nitrogen and oxygen atoms in total. The zero-order valence-corrected chi connectivity index (χ0v) is 13.6. The van der Waals surface area contributed by atoms with Gasteiger partial charge in [0.05, 0.1) is 0 Å². The van der Waals surface area contributed by atoms with E-state index in [0.29, 0.717) is 0 Å². The summed E-state index contributed by atoms with van der Waals surface area (Å²) in [5.74, 6) is 0.876. The van der Waals surface area contributed by atoms with Crippen molar-refractivity contribution < 1.29 is 0 Å². The normalized spacial score (nSPS) is 18.6. The van der Waals surface area contributed by atoms with Gasteiger partial charge in [-0.3, -0.25) is 0 Å². The summed E-state index contributed by atoms with van der Waals surface area (Å²) >= 11 is 3.70. The minimum atomic E-state index is 0.262. The Labute approximate surface area is 125 Å². The number of hydrogen-bond acceptors (Lipinski definition) is 2. The third kappa shape index (κ3) is 3.96. The van der Waals surface area contributed by atoms with Gasteiger partial charge in [0.25, 0.3) is 0 Å². The van der Waals surface area contributed by atoms with Gasteiger partial charge in [0.15, 0.2) is 0 Å². The van der Waals surface area contributed by atoms with E-state index in [4.69, 9.17) is 5.73 Å². The first kappa shape index (κ1) is 14.9. The molecule has 1 unspecified atom stereocenters. The van der Waals surface area contributed by atoms with E-state index in [1.807, 2.05) is 0 Å². The maximum Gasteiger partial charge on any atom is 0.0377 e. The molecule has 1 atom stereocenters. The summed E-state index contributed by atoms with van der Waals surface area (Å²) in [6.45, 7) is 6.85. The molecule has 1 heterocycles. The fourth-order valence-electron chi connectivity index (χ4n) is 2.59. The van der Waals surface area contributed by atoms with Gasteiger partial charge in [0.1, 0.15) is 0 Å². The second kappa shape index (κ2) is 6.76. The zero-order valence-electron chi connectivity index (χ0n) is 12.0. The lowest BCUT2D eigenvalue weighted by Crippen LogP contribution is -2.32. The lowest BCUT2D eigenvalue weighted by Gasteiger charge is -2.32. The van der Waals surface area contributed by atoms with Gasteiger partial charge in [-0.05, 0) is 49.3 Å². The van der Waals surface area contributed by atoms with Crippen molar-refractivity contribution >= 4 is 21.6 Å². The van der Waals surface area contributed by atoms with Crippen molar-refractivity contribution in [1.29, 1.82) is 0 Å². The first-order chi connectivity index (χ1) is 9.10. The number of hydrogen-bond donors (Lipinski definition) is 1. The Morgan fingerprint density at radius 3 is 2.63 bits per heavy atom. The van der Waals surface area contributed by atoms with Crippen LogP contribution in [-0.2, 0) is 6.42 Å². The first-order valence-corrected chi connectivity index (χ1v) is 8.18. The molecule has 0 saturated carbocycles. The Bertz CT molecular complexity index is 411. The maximum absolute atomic E-state index is 6.04. The number of nitrogens with two attached hydrogens (primary N) is 1. The van der Waals surface area contributed by atoms with Gasteiger partial charge in [-0.2, -0.15) is 0 Å². The Balaban J connectivity index is 2.06. The van der Waals surface area contributed by atoms with Crippen LogP contribution in [-0.4, -0.2) is 19.1 Å². The number of halogens is 1. The van der Waals surface area contributed by atoms with Crippen LogP contribution in [0.4, 0.5) is 5.69 Å². The summed E-state index contributed by atoms with van der Waals surface area (Å²) in [5, 5.41) is 0. The molecule has 19 heavy (non-hydrogen) atoms. The highest BCUT2D eigenvalue weighted by Crippen LogP contribution is 2.28. The first-order valence-electron chi connectivity index (χ1n) is 7.39. The van der Waals surface area contributed by atoms with E-state index < -0.39 is 0 Å². The molecule has 0 amide bonds. The SMILES string of the molecule is CCC(N)Cc1ccc(N2CCC(C)CC2)cc1Br. The average molecular weight is 325 g/mol. The number of piperidine rings is 1. The summed E-state index contributed by atoms with van der Waals surface area (Å²) in [7, 11) is 0. The fraction of sp³-hybridized carbons (Fsp3) is 0.625. The lowest BCUT2D eigenvalue weighted by molar-refractivity contribution is 0.438. The van der Waals surface area contributed by atoms with E-state index in [-0.39, 0.29) is 6.04 Å². The van der Waals surface area contributed by atoms with Gasteiger partial charge in [0.2, 0.25) is 0 Å². The van der Waals surface area contributed by atoms with Crippen LogP contribution in [0, 0.1) is 5.92 Å². The molecule has 0 radical (unpaired) electrons. The van der Waals surface area contributed by atoms with Crippen molar-refractivity contribution in [3.05, 3.63) is 28.2 Å². The van der Waals surface area contributed by atoms with Crippen molar-refractivity contribution in [2.75, 3.05) is 18.0 Å². The van der Waals surface area contributed by atoms with Crippen LogP contribution in [0.15, 0.2) is 22.7 Å². The molecule has 2 rings (SSSR count). The molecule has 0 spiro atoms. The van der Waals surface area contributed by atoms with Gasteiger partial charge in [-0.1, -0.05) is 35.8 Å². The Kier molecular flexibility index (Phi) is 5.28. The van der Waals surface area contributed by atoms with E-state index in [9.17, 15) is 0 Å². The molecule has 1 aliphatic rings. The van der Waals surface area contributed by atoms with Crippen molar-refractivity contribution in [3.8, 4) is 0 Å². The van der Waals surface area contributed by atoms with Crippen molar-refractivity contribution in [2.24, 2.45) is 11.7 Å². The van der Waals surface area contributed by atoms with Crippen LogP contribution in [0.1, 0.15) is 38.7 Å². The van der Waals surface area contributed by atoms with Gasteiger partial charge in [-0.25, -0.2) is 0 Å². The largest absolute Gasteiger partial charge is 0.371 e. The predicted octanol–water partition coefficient (Wildman–Crippen LogP) is 3.97. The van der Waals surface area contributed by atoms with E-state index in [1.54, 1.807) is 0 Å². The minimum Gasteiger partial charge on any atom is -0.371 e. The summed E-state index contributed by atoms with van der Waals surface area (Å²) in [6.07, 6.45) is 4.59. The predicted molar refractivity (Wildman–Crippen MR) is 86.7 cm³/mol. The van der Waals surface area contributed by atoms with E-state index in [2.05, 4.69) is 52.9 Å². The van der Waals surface area contributed by atoms with E-state index in [0.717, 1.165) is 18.8 Å². The fourth-order valence-corrected chi connectivity index (χ4v) is 3.12. The maximum atomic E-state index is 6.04. The third-order valence-corrected chi connectivity index (χ3v) is 4.93. The molecule has 0 bridgehead atoms. The number of benzene rings is 1. The molecular formula is C16H25BrN2. The van der Waals surface area contributed by atoms with Gasteiger partial charge in [0, 0.05) is 29.3 Å². The standard InChI is InChI=1S/C16H25BrN2/c1-3-14(18)10-13-4-5-15(11-16(13)17)19-8-6-12(2)7-9-19/h4-5,11-12,14H,3,6-10,18H2,1-2H3. The van der Waals surface area contributed by atoms with Crippen LogP contribution in [0.5, 0.6) is 0 Å². The van der Waals surface area contributed by atoms with Crippen LogP contribution in [0.25, 0.3) is 0 Å². The molecule has 1 saturated heterocycles. The highest BCUT2D eigenvalue weighted by Gasteiger charge is 2.16. The smallest absolute Gasteiger partial charge is 0.0377 e. The molecule has 1 aromatic carbocycles. The van der Waals surface area contributed by atoms with Crippen molar-refractivity contribution in [2.45, 2.75) is 45.6 Å². The van der Waals surface area contributed by atoms with Crippen molar-refractivity contribution in [1.82, 2.24) is 0 Å². The monoisotopic (exact) mass is 324 g/mol. The molecule has 1 aliphatic heterocycles. The summed E-state index contributed by atoms with van der Waals surface area (Å²) < 4.78 is 1.20. The second-order valence-electron chi connectivity index (χ2n) is 5.82. The second-order valence-corrected chi connectivity index (χ2v) is 6.67. The lowest BCUT2D eigenvalue weighted by atomic mass is 9.98. The van der Waals surface area contributed by atoms with Gasteiger partial charge >= 0.3 is 0 Å². The topological polar surface area (TPSA) is 29.3 Å².